The molecule has 0 bridgehead atoms. The van der Waals surface area contributed by atoms with Crippen LogP contribution < -0.4 is 0 Å². The fourth-order valence-corrected chi connectivity index (χ4v) is 0.864. The molecule has 0 aromatic heterocycles. The van der Waals surface area contributed by atoms with Gasteiger partial charge in [0.15, 0.2) is 0 Å². The topological polar surface area (TPSA) is 20.3 Å². The molecular weight excluding hydrogens is 102 g/mol. The van der Waals surface area contributed by atoms with Crippen molar-refractivity contribution in [3.63, 3.8) is 0 Å². The highest BCUT2D eigenvalue weighted by atomic mass is 16.2. The number of carbonyl (C=O) groups excluding carboxylic acids is 1. The highest BCUT2D eigenvalue weighted by molar-refractivity contribution is 5.78. The zero-order valence-corrected chi connectivity index (χ0v) is 5.05. The first-order chi connectivity index (χ1) is 3.72. The van der Waals surface area contributed by atoms with Gasteiger partial charge in [0.2, 0.25) is 5.91 Å². The van der Waals surface area contributed by atoms with Gasteiger partial charge in [-0.05, 0) is 13.3 Å². The summed E-state index contributed by atoms with van der Waals surface area (Å²) in [5.41, 5.74) is 0. The fraction of sp³-hybridized carbons (Fsp3) is 0.667. The lowest BCUT2D eigenvalue weighted by Crippen LogP contribution is -2.25. The van der Waals surface area contributed by atoms with Gasteiger partial charge in [-0.2, -0.15) is 0 Å². The van der Waals surface area contributed by atoms with Crippen molar-refractivity contribution >= 4 is 5.91 Å². The van der Waals surface area contributed by atoms with Crippen LogP contribution in [0.3, 0.4) is 0 Å². The van der Waals surface area contributed by atoms with E-state index in [0.29, 0.717) is 6.42 Å². The van der Waals surface area contributed by atoms with Gasteiger partial charge in [0.1, 0.15) is 0 Å². The molecule has 0 N–H and O–H groups in total. The van der Waals surface area contributed by atoms with Crippen molar-refractivity contribution in [3.8, 4) is 0 Å². The van der Waals surface area contributed by atoms with Crippen LogP contribution in [0, 0.1) is 6.92 Å². The van der Waals surface area contributed by atoms with E-state index in [4.69, 9.17) is 0 Å². The van der Waals surface area contributed by atoms with Crippen molar-refractivity contribution < 1.29 is 4.79 Å². The summed E-state index contributed by atoms with van der Waals surface area (Å²) in [6, 6.07) is 0.225. The average molecular weight is 112 g/mol. The van der Waals surface area contributed by atoms with Gasteiger partial charge in [-0.15, -0.1) is 0 Å². The van der Waals surface area contributed by atoms with E-state index in [1.165, 1.54) is 0 Å². The highest BCUT2D eigenvalue weighted by Crippen LogP contribution is 2.14. The Labute approximate surface area is 49.5 Å². The van der Waals surface area contributed by atoms with Crippen molar-refractivity contribution in [2.24, 2.45) is 0 Å². The van der Waals surface area contributed by atoms with Crippen LogP contribution in [0.15, 0.2) is 0 Å². The minimum absolute atomic E-state index is 0.225. The Morgan fingerprint density at radius 2 is 2.50 bits per heavy atom. The standard InChI is InChI=1S/C6H10NO/c1-5-3-4-6(8)7(5)2/h5H,1,3-4H2,2H3. The van der Waals surface area contributed by atoms with Crippen LogP contribution >= 0.6 is 0 Å². The molecule has 1 amide bonds. The van der Waals surface area contributed by atoms with Crippen molar-refractivity contribution in [3.05, 3.63) is 6.92 Å². The second-order valence-electron chi connectivity index (χ2n) is 2.20. The second-order valence-corrected chi connectivity index (χ2v) is 2.20. The molecule has 1 unspecified atom stereocenters. The third kappa shape index (κ3) is 0.703. The summed E-state index contributed by atoms with van der Waals surface area (Å²) in [6.07, 6.45) is 1.61. The Morgan fingerprint density at radius 3 is 2.62 bits per heavy atom. The SMILES string of the molecule is [CH2]C1CCC(=O)N1C. The summed E-state index contributed by atoms with van der Waals surface area (Å²) in [5, 5.41) is 0. The van der Waals surface area contributed by atoms with E-state index >= 15 is 0 Å². The molecule has 1 aliphatic heterocycles. The summed E-state index contributed by atoms with van der Waals surface area (Å²) in [6.45, 7) is 3.77. The Kier molecular flexibility index (Phi) is 1.24. The maximum absolute atomic E-state index is 10.7. The molecule has 0 aromatic carbocycles. The monoisotopic (exact) mass is 112 g/mol. The molecule has 1 radical (unpaired) electrons. The van der Waals surface area contributed by atoms with Gasteiger partial charge in [0, 0.05) is 19.5 Å². The molecule has 1 rings (SSSR count). The van der Waals surface area contributed by atoms with Gasteiger partial charge in [-0.25, -0.2) is 0 Å². The van der Waals surface area contributed by atoms with Crippen LogP contribution in [0.2, 0.25) is 0 Å². The quantitative estimate of drug-likeness (QED) is 0.445. The molecule has 1 aliphatic rings. The molecule has 0 aromatic rings. The summed E-state index contributed by atoms with van der Waals surface area (Å²) < 4.78 is 0. The number of rotatable bonds is 0. The largest absolute Gasteiger partial charge is 0.343 e. The van der Waals surface area contributed by atoms with Crippen LogP contribution in [0.4, 0.5) is 0 Å². The lowest BCUT2D eigenvalue weighted by Gasteiger charge is -2.13. The molecule has 45 valence electrons. The van der Waals surface area contributed by atoms with Crippen LogP contribution in [0.1, 0.15) is 12.8 Å². The predicted octanol–water partition coefficient (Wildman–Crippen LogP) is 0.441. The minimum Gasteiger partial charge on any atom is -0.343 e. The van der Waals surface area contributed by atoms with E-state index in [-0.39, 0.29) is 11.9 Å². The maximum atomic E-state index is 10.7. The number of carbonyl (C=O) groups is 1. The summed E-state index contributed by atoms with van der Waals surface area (Å²) >= 11 is 0. The average Bonchev–Trinajstić information content (AvgIpc) is 1.98. The second kappa shape index (κ2) is 1.77. The Bertz CT molecular complexity index is 111. The molecule has 8 heavy (non-hydrogen) atoms. The first-order valence-electron chi connectivity index (χ1n) is 2.80. The van der Waals surface area contributed by atoms with Crippen molar-refractivity contribution in [1.29, 1.82) is 0 Å². The Balaban J connectivity index is 2.56. The zero-order chi connectivity index (χ0) is 6.15. The van der Waals surface area contributed by atoms with Crippen molar-refractivity contribution in [2.45, 2.75) is 18.9 Å². The molecule has 2 heteroatoms. The lowest BCUT2D eigenvalue weighted by molar-refractivity contribution is -0.127. The van der Waals surface area contributed by atoms with Gasteiger partial charge in [0.25, 0.3) is 0 Å². The van der Waals surface area contributed by atoms with E-state index in [1.54, 1.807) is 11.9 Å². The zero-order valence-electron chi connectivity index (χ0n) is 5.05. The van der Waals surface area contributed by atoms with Gasteiger partial charge in [0.05, 0.1) is 0 Å². The number of amides is 1. The lowest BCUT2D eigenvalue weighted by atomic mass is 10.2. The number of nitrogens with zero attached hydrogens (tertiary/aromatic N) is 1. The normalized spacial score (nSPS) is 29.5. The van der Waals surface area contributed by atoms with Crippen LogP contribution in [-0.4, -0.2) is 23.9 Å². The number of likely N-dealkylation sites (tertiary alicyclic amines) is 1. The third-order valence-corrected chi connectivity index (χ3v) is 1.63. The van der Waals surface area contributed by atoms with E-state index < -0.39 is 0 Å². The van der Waals surface area contributed by atoms with Crippen LogP contribution in [0.5, 0.6) is 0 Å². The number of hydrogen-bond donors (Lipinski definition) is 0. The van der Waals surface area contributed by atoms with Gasteiger partial charge in [-0.1, -0.05) is 0 Å². The van der Waals surface area contributed by atoms with Gasteiger partial charge < -0.3 is 4.90 Å². The summed E-state index contributed by atoms with van der Waals surface area (Å²) in [5.74, 6) is 0.227. The molecule has 1 heterocycles. The third-order valence-electron chi connectivity index (χ3n) is 1.63. The molecular formula is C6H10NO. The van der Waals surface area contributed by atoms with Crippen molar-refractivity contribution in [2.75, 3.05) is 7.05 Å². The van der Waals surface area contributed by atoms with Crippen molar-refractivity contribution in [1.82, 2.24) is 4.90 Å². The van der Waals surface area contributed by atoms with E-state index in [2.05, 4.69) is 6.92 Å². The van der Waals surface area contributed by atoms with Gasteiger partial charge in [-0.3, -0.25) is 4.79 Å². The summed E-state index contributed by atoms with van der Waals surface area (Å²) in [7, 11) is 1.80. The molecule has 1 saturated heterocycles. The van der Waals surface area contributed by atoms with Crippen LogP contribution in [0.25, 0.3) is 0 Å². The molecule has 0 spiro atoms. The molecule has 2 nitrogen and oxygen atoms in total. The minimum atomic E-state index is 0.225. The predicted molar refractivity (Wildman–Crippen MR) is 31.1 cm³/mol. The first kappa shape index (κ1) is 5.60. The summed E-state index contributed by atoms with van der Waals surface area (Å²) in [4.78, 5) is 12.4. The highest BCUT2D eigenvalue weighted by Gasteiger charge is 2.22. The maximum Gasteiger partial charge on any atom is 0.222 e. The number of hydrogen-bond acceptors (Lipinski definition) is 1. The van der Waals surface area contributed by atoms with Gasteiger partial charge >= 0.3 is 0 Å². The Hall–Kier alpha value is -0.530. The van der Waals surface area contributed by atoms with E-state index in [9.17, 15) is 4.79 Å². The van der Waals surface area contributed by atoms with E-state index in [0.717, 1.165) is 6.42 Å². The first-order valence-corrected chi connectivity index (χ1v) is 2.80. The molecule has 1 fully saturated rings. The Morgan fingerprint density at radius 1 is 1.88 bits per heavy atom. The molecule has 1 atom stereocenters. The van der Waals surface area contributed by atoms with Crippen LogP contribution in [-0.2, 0) is 4.79 Å². The smallest absolute Gasteiger partial charge is 0.222 e. The molecule has 0 saturated carbocycles. The fourth-order valence-electron chi connectivity index (χ4n) is 0.864. The molecule has 0 aliphatic carbocycles. The van der Waals surface area contributed by atoms with E-state index in [1.807, 2.05) is 0 Å².